The van der Waals surface area contributed by atoms with Crippen molar-refractivity contribution in [1.82, 2.24) is 19.4 Å². The van der Waals surface area contributed by atoms with Crippen molar-refractivity contribution >= 4 is 17.7 Å². The topological polar surface area (TPSA) is 80.6 Å². The number of pyridine rings is 2. The number of rotatable bonds is 5. The highest BCUT2D eigenvalue weighted by Gasteiger charge is 2.26. The molecule has 0 unspecified atom stereocenters. The second kappa shape index (κ2) is 9.21. The van der Waals surface area contributed by atoms with Gasteiger partial charge in [0.05, 0.1) is 29.6 Å². The second-order valence-corrected chi connectivity index (χ2v) is 7.74. The number of nitrogens with zero attached hydrogens (tertiary/aromatic N) is 5. The molecule has 1 fully saturated rings. The highest BCUT2D eigenvalue weighted by atomic mass is 16.5. The summed E-state index contributed by atoms with van der Waals surface area (Å²) in [4.78, 5) is 37.7. The summed E-state index contributed by atoms with van der Waals surface area (Å²) in [6.45, 7) is 8.65. The van der Waals surface area contributed by atoms with E-state index in [1.54, 1.807) is 25.4 Å². The van der Waals surface area contributed by atoms with Gasteiger partial charge < -0.3 is 19.1 Å². The Hall–Kier alpha value is -3.68. The van der Waals surface area contributed by atoms with Crippen LogP contribution < -0.4 is 4.90 Å². The van der Waals surface area contributed by atoms with Crippen LogP contribution in [-0.2, 0) is 4.74 Å². The first-order chi connectivity index (χ1) is 15.5. The largest absolute Gasteiger partial charge is 0.462 e. The van der Waals surface area contributed by atoms with Gasteiger partial charge in [-0.2, -0.15) is 0 Å². The van der Waals surface area contributed by atoms with Crippen LogP contribution in [0.4, 0.5) is 5.82 Å². The maximum Gasteiger partial charge on any atom is 0.339 e. The van der Waals surface area contributed by atoms with Gasteiger partial charge >= 0.3 is 5.97 Å². The van der Waals surface area contributed by atoms with Crippen molar-refractivity contribution in [2.24, 2.45) is 0 Å². The molecule has 4 rings (SSSR count). The lowest BCUT2D eigenvalue weighted by Crippen LogP contribution is -2.49. The van der Waals surface area contributed by atoms with Gasteiger partial charge in [0, 0.05) is 50.0 Å². The van der Waals surface area contributed by atoms with Gasteiger partial charge in [0.2, 0.25) is 0 Å². The van der Waals surface area contributed by atoms with E-state index >= 15 is 0 Å². The van der Waals surface area contributed by atoms with E-state index < -0.39 is 0 Å². The van der Waals surface area contributed by atoms with E-state index in [0.717, 1.165) is 28.5 Å². The SMILES string of the molecule is CCOC(=O)c1ccc(N2CCN(C(=O)c3cc(C)n(-c4cccnc4)c3C)CC2)nc1. The molecule has 166 valence electrons. The molecule has 0 spiro atoms. The maximum absolute atomic E-state index is 13.3. The van der Waals surface area contributed by atoms with Gasteiger partial charge in [0.1, 0.15) is 5.82 Å². The molecule has 1 saturated heterocycles. The standard InChI is InChI=1S/C24H27N5O3/c1-4-32-24(31)19-7-8-22(26-15-19)27-10-12-28(13-11-27)23(30)21-14-17(2)29(18(21)3)20-6-5-9-25-16-20/h5-9,14-16H,4,10-13H2,1-3H3. The van der Waals surface area contributed by atoms with Crippen LogP contribution in [-0.4, -0.2) is 64.1 Å². The Morgan fingerprint density at radius 1 is 1.06 bits per heavy atom. The minimum atomic E-state index is -0.370. The van der Waals surface area contributed by atoms with E-state index in [1.807, 2.05) is 43.0 Å². The fourth-order valence-corrected chi connectivity index (χ4v) is 4.08. The van der Waals surface area contributed by atoms with Crippen LogP contribution in [0.3, 0.4) is 0 Å². The van der Waals surface area contributed by atoms with Crippen molar-refractivity contribution < 1.29 is 14.3 Å². The van der Waals surface area contributed by atoms with Crippen molar-refractivity contribution in [1.29, 1.82) is 0 Å². The van der Waals surface area contributed by atoms with Crippen LogP contribution in [0.5, 0.6) is 0 Å². The van der Waals surface area contributed by atoms with Crippen molar-refractivity contribution in [3.05, 3.63) is 71.4 Å². The number of anilines is 1. The lowest BCUT2D eigenvalue weighted by molar-refractivity contribution is 0.0525. The summed E-state index contributed by atoms with van der Waals surface area (Å²) in [5.41, 5.74) is 4.02. The molecular formula is C24H27N5O3. The van der Waals surface area contributed by atoms with Crippen molar-refractivity contribution in [3.8, 4) is 5.69 Å². The second-order valence-electron chi connectivity index (χ2n) is 7.74. The van der Waals surface area contributed by atoms with Gasteiger partial charge in [-0.05, 0) is 51.1 Å². The molecule has 0 aliphatic carbocycles. The zero-order valence-electron chi connectivity index (χ0n) is 18.6. The van der Waals surface area contributed by atoms with Crippen LogP contribution in [0.25, 0.3) is 5.69 Å². The van der Waals surface area contributed by atoms with E-state index in [2.05, 4.69) is 19.4 Å². The van der Waals surface area contributed by atoms with Crippen LogP contribution in [0.2, 0.25) is 0 Å². The number of carbonyl (C=O) groups is 2. The summed E-state index contributed by atoms with van der Waals surface area (Å²) in [5, 5.41) is 0. The predicted molar refractivity (Wildman–Crippen MR) is 121 cm³/mol. The molecule has 0 atom stereocenters. The first-order valence-corrected chi connectivity index (χ1v) is 10.8. The molecule has 0 bridgehead atoms. The number of aromatic nitrogens is 3. The molecule has 8 heteroatoms. The van der Waals surface area contributed by atoms with E-state index in [1.165, 1.54) is 6.20 Å². The van der Waals surface area contributed by atoms with Crippen molar-refractivity contribution in [2.75, 3.05) is 37.7 Å². The van der Waals surface area contributed by atoms with E-state index in [0.29, 0.717) is 38.3 Å². The number of hydrogen-bond acceptors (Lipinski definition) is 6. The third kappa shape index (κ3) is 4.21. The highest BCUT2D eigenvalue weighted by Crippen LogP contribution is 2.23. The number of carbonyl (C=O) groups excluding carboxylic acids is 2. The summed E-state index contributed by atoms with van der Waals surface area (Å²) in [7, 11) is 0. The minimum absolute atomic E-state index is 0.0403. The average molecular weight is 434 g/mol. The number of hydrogen-bond donors (Lipinski definition) is 0. The summed E-state index contributed by atoms with van der Waals surface area (Å²) >= 11 is 0. The van der Waals surface area contributed by atoms with Gasteiger partial charge in [-0.3, -0.25) is 9.78 Å². The van der Waals surface area contributed by atoms with Gasteiger partial charge in [-0.25, -0.2) is 9.78 Å². The smallest absolute Gasteiger partial charge is 0.339 e. The van der Waals surface area contributed by atoms with E-state index in [9.17, 15) is 9.59 Å². The molecule has 8 nitrogen and oxygen atoms in total. The molecule has 0 N–H and O–H groups in total. The maximum atomic E-state index is 13.3. The minimum Gasteiger partial charge on any atom is -0.462 e. The summed E-state index contributed by atoms with van der Waals surface area (Å²) in [6, 6.07) is 9.38. The normalized spacial score (nSPS) is 13.8. The fraction of sp³-hybridized carbons (Fsp3) is 0.333. The van der Waals surface area contributed by atoms with Crippen LogP contribution >= 0.6 is 0 Å². The molecule has 1 aliphatic heterocycles. The molecule has 32 heavy (non-hydrogen) atoms. The molecule has 0 aromatic carbocycles. The van der Waals surface area contributed by atoms with E-state index in [-0.39, 0.29) is 11.9 Å². The Bertz CT molecular complexity index is 1100. The number of aryl methyl sites for hydroxylation is 1. The number of ether oxygens (including phenoxy) is 1. The first kappa shape index (κ1) is 21.5. The molecule has 4 heterocycles. The van der Waals surface area contributed by atoms with Crippen molar-refractivity contribution in [3.63, 3.8) is 0 Å². The summed E-state index contributed by atoms with van der Waals surface area (Å²) < 4.78 is 7.06. The molecule has 3 aromatic rings. The lowest BCUT2D eigenvalue weighted by atomic mass is 10.2. The highest BCUT2D eigenvalue weighted by molar-refractivity contribution is 5.96. The third-order valence-electron chi connectivity index (χ3n) is 5.72. The Labute approximate surface area is 187 Å². The van der Waals surface area contributed by atoms with Gasteiger partial charge in [0.15, 0.2) is 0 Å². The van der Waals surface area contributed by atoms with Crippen LogP contribution in [0.15, 0.2) is 48.9 Å². The summed E-state index contributed by atoms with van der Waals surface area (Å²) in [5.74, 6) is 0.462. The molecular weight excluding hydrogens is 406 g/mol. The Morgan fingerprint density at radius 2 is 1.84 bits per heavy atom. The number of amides is 1. The Balaban J connectivity index is 1.43. The number of esters is 1. The Kier molecular flexibility index (Phi) is 6.20. The van der Waals surface area contributed by atoms with Crippen molar-refractivity contribution in [2.45, 2.75) is 20.8 Å². The molecule has 3 aromatic heterocycles. The third-order valence-corrected chi connectivity index (χ3v) is 5.72. The van der Waals surface area contributed by atoms with E-state index in [4.69, 9.17) is 4.74 Å². The van der Waals surface area contributed by atoms with Crippen LogP contribution in [0, 0.1) is 13.8 Å². The van der Waals surface area contributed by atoms with Gasteiger partial charge in [-0.1, -0.05) is 0 Å². The Morgan fingerprint density at radius 3 is 2.47 bits per heavy atom. The molecule has 1 amide bonds. The fourth-order valence-electron chi connectivity index (χ4n) is 4.08. The molecule has 0 radical (unpaired) electrons. The monoisotopic (exact) mass is 433 g/mol. The lowest BCUT2D eigenvalue weighted by Gasteiger charge is -2.35. The zero-order chi connectivity index (χ0) is 22.7. The summed E-state index contributed by atoms with van der Waals surface area (Å²) in [6.07, 6.45) is 5.08. The zero-order valence-corrected chi connectivity index (χ0v) is 18.6. The molecule has 0 saturated carbocycles. The average Bonchev–Trinajstić information content (AvgIpc) is 3.13. The van der Waals surface area contributed by atoms with Gasteiger partial charge in [-0.15, -0.1) is 0 Å². The van der Waals surface area contributed by atoms with Gasteiger partial charge in [0.25, 0.3) is 5.91 Å². The number of piperazine rings is 1. The first-order valence-electron chi connectivity index (χ1n) is 10.8. The van der Waals surface area contributed by atoms with Crippen LogP contribution in [0.1, 0.15) is 39.0 Å². The molecule has 1 aliphatic rings. The predicted octanol–water partition coefficient (Wildman–Crippen LogP) is 3.02. The quantitative estimate of drug-likeness (QED) is 0.576.